The first-order chi connectivity index (χ1) is 16.1. The van der Waals surface area contributed by atoms with E-state index in [0.29, 0.717) is 0 Å². The minimum absolute atomic E-state index is 0.0826. The minimum Gasteiger partial charge on any atom is -0.342 e. The van der Waals surface area contributed by atoms with Gasteiger partial charge < -0.3 is 9.47 Å². The highest BCUT2D eigenvalue weighted by atomic mass is 32.1. The molecule has 2 aromatic carbocycles. The van der Waals surface area contributed by atoms with Crippen LogP contribution < -0.4 is 0 Å². The van der Waals surface area contributed by atoms with Crippen LogP contribution in [0.15, 0.2) is 72.1 Å². The van der Waals surface area contributed by atoms with Gasteiger partial charge in [0.15, 0.2) is 0 Å². The lowest BCUT2D eigenvalue weighted by Crippen LogP contribution is -2.28. The average molecular weight is 458 g/mol. The van der Waals surface area contributed by atoms with Crippen LogP contribution in [0.25, 0.3) is 22.0 Å². The molecule has 0 saturated carbocycles. The van der Waals surface area contributed by atoms with Gasteiger partial charge in [-0.1, -0.05) is 74.0 Å². The summed E-state index contributed by atoms with van der Waals surface area (Å²) >= 11 is 1.64. The summed E-state index contributed by atoms with van der Waals surface area (Å²) in [6, 6.07) is 22.8. The quantitative estimate of drug-likeness (QED) is 0.280. The Balaban J connectivity index is 1.69. The molecule has 4 rings (SSSR count). The van der Waals surface area contributed by atoms with Crippen LogP contribution in [-0.2, 0) is 13.0 Å². The number of amides is 1. The number of aromatic nitrogens is 2. The van der Waals surface area contributed by atoms with Crippen molar-refractivity contribution in [2.75, 3.05) is 13.6 Å². The van der Waals surface area contributed by atoms with E-state index >= 15 is 0 Å². The van der Waals surface area contributed by atoms with Gasteiger partial charge in [0.25, 0.3) is 5.91 Å². The lowest BCUT2D eigenvalue weighted by atomic mass is 10.1. The molecule has 4 nitrogen and oxygen atoms in total. The van der Waals surface area contributed by atoms with E-state index < -0.39 is 0 Å². The third-order valence-corrected chi connectivity index (χ3v) is 6.94. The fourth-order valence-corrected chi connectivity index (χ4v) is 4.87. The van der Waals surface area contributed by atoms with Gasteiger partial charge in [-0.25, -0.2) is 4.98 Å². The van der Waals surface area contributed by atoms with Gasteiger partial charge in [0, 0.05) is 36.8 Å². The van der Waals surface area contributed by atoms with E-state index in [1.165, 1.54) is 5.56 Å². The summed E-state index contributed by atoms with van der Waals surface area (Å²) in [6.45, 7) is 5.78. The second-order valence-electron chi connectivity index (χ2n) is 8.40. The van der Waals surface area contributed by atoms with E-state index in [1.807, 2.05) is 42.3 Å². The maximum Gasteiger partial charge on any atom is 0.255 e. The Bertz CT molecular complexity index is 1190. The molecule has 0 aliphatic rings. The minimum atomic E-state index is 0.0826. The molecule has 5 heteroatoms. The Hall–Kier alpha value is -3.18. The summed E-state index contributed by atoms with van der Waals surface area (Å²) in [5.41, 5.74) is 6.10. The molecule has 0 bridgehead atoms. The fraction of sp³-hybridized carbons (Fsp3) is 0.286. The molecule has 0 radical (unpaired) electrons. The number of aryl methyl sites for hydroxylation is 1. The molecule has 170 valence electrons. The van der Waals surface area contributed by atoms with Crippen LogP contribution in [0.5, 0.6) is 0 Å². The fourth-order valence-electron chi connectivity index (χ4n) is 4.05. The van der Waals surface area contributed by atoms with Crippen molar-refractivity contribution in [1.29, 1.82) is 0 Å². The predicted octanol–water partition coefficient (Wildman–Crippen LogP) is 6.70. The number of nitrogens with zero attached hydrogens (tertiary/aromatic N) is 3. The molecular weight excluding hydrogens is 426 g/mol. The van der Waals surface area contributed by atoms with Gasteiger partial charge >= 0.3 is 0 Å². The van der Waals surface area contributed by atoms with Crippen LogP contribution in [0, 0.1) is 6.92 Å². The topological polar surface area (TPSA) is 38.1 Å². The molecule has 2 heterocycles. The van der Waals surface area contributed by atoms with Crippen molar-refractivity contribution < 1.29 is 4.79 Å². The Morgan fingerprint density at radius 1 is 1.06 bits per heavy atom. The highest BCUT2D eigenvalue weighted by molar-refractivity contribution is 7.13. The van der Waals surface area contributed by atoms with Crippen LogP contribution in [0.4, 0.5) is 0 Å². The van der Waals surface area contributed by atoms with E-state index in [9.17, 15) is 4.79 Å². The van der Waals surface area contributed by atoms with E-state index in [1.54, 1.807) is 11.3 Å². The third-order valence-electron chi connectivity index (χ3n) is 6.04. The van der Waals surface area contributed by atoms with Crippen LogP contribution in [-0.4, -0.2) is 34.0 Å². The average Bonchev–Trinajstić information content (AvgIpc) is 3.47. The normalized spacial score (nSPS) is 11.0. The van der Waals surface area contributed by atoms with Gasteiger partial charge in [-0.2, -0.15) is 0 Å². The SMILES string of the molecule is CCCCN(C)C(=O)c1cc(-c2csc(-c3ccccc3)n2)n(CCc2ccccc2)c1C. The number of hydrogen-bond acceptors (Lipinski definition) is 3. The maximum absolute atomic E-state index is 13.3. The second kappa shape index (κ2) is 10.6. The molecule has 33 heavy (non-hydrogen) atoms. The number of benzene rings is 2. The molecule has 0 aliphatic heterocycles. The molecule has 0 saturated heterocycles. The van der Waals surface area contributed by atoms with Gasteiger partial charge in [-0.3, -0.25) is 4.79 Å². The smallest absolute Gasteiger partial charge is 0.255 e. The monoisotopic (exact) mass is 457 g/mol. The van der Waals surface area contributed by atoms with Gasteiger partial charge in [0.1, 0.15) is 5.01 Å². The Kier molecular flexibility index (Phi) is 7.40. The number of carbonyl (C=O) groups is 1. The summed E-state index contributed by atoms with van der Waals surface area (Å²) in [7, 11) is 1.90. The lowest BCUT2D eigenvalue weighted by Gasteiger charge is -2.17. The van der Waals surface area contributed by atoms with Gasteiger partial charge in [-0.15, -0.1) is 11.3 Å². The Morgan fingerprint density at radius 3 is 2.45 bits per heavy atom. The van der Waals surface area contributed by atoms with Crippen LogP contribution in [0.2, 0.25) is 0 Å². The van der Waals surface area contributed by atoms with Crippen LogP contribution in [0.1, 0.15) is 41.4 Å². The molecule has 0 aliphatic carbocycles. The van der Waals surface area contributed by atoms with Gasteiger partial charge in [-0.05, 0) is 31.4 Å². The molecular formula is C28H31N3OS. The first-order valence-electron chi connectivity index (χ1n) is 11.6. The van der Waals surface area contributed by atoms with Crippen molar-refractivity contribution in [3.63, 3.8) is 0 Å². The summed E-state index contributed by atoms with van der Waals surface area (Å²) < 4.78 is 2.26. The molecule has 0 spiro atoms. The van der Waals surface area contributed by atoms with E-state index in [2.05, 4.69) is 60.2 Å². The Morgan fingerprint density at radius 2 is 1.76 bits per heavy atom. The highest BCUT2D eigenvalue weighted by Gasteiger charge is 2.22. The third kappa shape index (κ3) is 5.25. The summed E-state index contributed by atoms with van der Waals surface area (Å²) in [5, 5.41) is 3.09. The molecule has 0 N–H and O–H groups in total. The van der Waals surface area contributed by atoms with Crippen molar-refractivity contribution in [1.82, 2.24) is 14.5 Å². The van der Waals surface area contributed by atoms with Crippen molar-refractivity contribution in [2.24, 2.45) is 0 Å². The number of thiazole rings is 1. The van der Waals surface area contributed by atoms with Crippen molar-refractivity contribution in [3.05, 3.63) is 88.9 Å². The van der Waals surface area contributed by atoms with Crippen LogP contribution in [0.3, 0.4) is 0 Å². The summed E-state index contributed by atoms with van der Waals surface area (Å²) in [6.07, 6.45) is 2.98. The van der Waals surface area contributed by atoms with E-state index in [0.717, 1.165) is 65.6 Å². The molecule has 0 atom stereocenters. The zero-order chi connectivity index (χ0) is 23.2. The molecule has 4 aromatic rings. The Labute approximate surface area is 200 Å². The zero-order valence-corrected chi connectivity index (χ0v) is 20.4. The molecule has 2 aromatic heterocycles. The molecule has 0 fully saturated rings. The maximum atomic E-state index is 13.3. The van der Waals surface area contributed by atoms with Crippen LogP contribution >= 0.6 is 11.3 Å². The number of unbranched alkanes of at least 4 members (excludes halogenated alkanes) is 1. The van der Waals surface area contributed by atoms with Gasteiger partial charge in [0.05, 0.1) is 17.0 Å². The molecule has 1 amide bonds. The number of hydrogen-bond donors (Lipinski definition) is 0. The first kappa shape index (κ1) is 23.0. The van der Waals surface area contributed by atoms with Crippen molar-refractivity contribution in [3.8, 4) is 22.0 Å². The van der Waals surface area contributed by atoms with Crippen molar-refractivity contribution in [2.45, 2.75) is 39.7 Å². The summed E-state index contributed by atoms with van der Waals surface area (Å²) in [4.78, 5) is 20.1. The standard InChI is InChI=1S/C28H31N3OS/c1-4-5-17-30(3)28(32)24-19-26(25-20-33-27(29-25)23-14-10-7-11-15-23)31(21(24)2)18-16-22-12-8-6-9-13-22/h6-15,19-20H,4-5,16-18H2,1-3H3. The lowest BCUT2D eigenvalue weighted by molar-refractivity contribution is 0.0792. The van der Waals surface area contributed by atoms with Crippen molar-refractivity contribution >= 4 is 17.2 Å². The second-order valence-corrected chi connectivity index (χ2v) is 9.26. The molecule has 0 unspecified atom stereocenters. The van der Waals surface area contributed by atoms with E-state index in [-0.39, 0.29) is 5.91 Å². The summed E-state index contributed by atoms with van der Waals surface area (Å²) in [5.74, 6) is 0.0826. The van der Waals surface area contributed by atoms with E-state index in [4.69, 9.17) is 4.98 Å². The highest BCUT2D eigenvalue weighted by Crippen LogP contribution is 2.32. The number of rotatable bonds is 9. The predicted molar refractivity (Wildman–Crippen MR) is 138 cm³/mol. The first-order valence-corrected chi connectivity index (χ1v) is 12.5. The zero-order valence-electron chi connectivity index (χ0n) is 19.6. The number of carbonyl (C=O) groups excluding carboxylic acids is 1. The van der Waals surface area contributed by atoms with Gasteiger partial charge in [0.2, 0.25) is 0 Å². The largest absolute Gasteiger partial charge is 0.342 e.